The third kappa shape index (κ3) is 2.19. The number of aliphatic hydroxyl groups is 1. The lowest BCUT2D eigenvalue weighted by molar-refractivity contribution is 0.0572. The number of hydrogen-bond acceptors (Lipinski definition) is 3. The molecule has 1 aliphatic heterocycles. The van der Waals surface area contributed by atoms with Crippen molar-refractivity contribution in [2.45, 2.75) is 18.9 Å². The van der Waals surface area contributed by atoms with Crippen LogP contribution in [0.15, 0.2) is 18.3 Å². The van der Waals surface area contributed by atoms with Crippen molar-refractivity contribution in [2.24, 2.45) is 0 Å². The van der Waals surface area contributed by atoms with E-state index in [1.807, 2.05) is 0 Å². The van der Waals surface area contributed by atoms with Gasteiger partial charge in [0.05, 0.1) is 5.60 Å². The Morgan fingerprint density at radius 3 is 3.00 bits per heavy atom. The zero-order chi connectivity index (χ0) is 11.8. The van der Waals surface area contributed by atoms with E-state index >= 15 is 0 Å². The summed E-state index contributed by atoms with van der Waals surface area (Å²) in [5.41, 5.74) is -0.563. The molecule has 0 bridgehead atoms. The average molecular weight is 224 g/mol. The molecule has 1 fully saturated rings. The molecule has 16 heavy (non-hydrogen) atoms. The van der Waals surface area contributed by atoms with E-state index in [2.05, 4.69) is 4.98 Å². The van der Waals surface area contributed by atoms with Crippen LogP contribution in [0.5, 0.6) is 0 Å². The summed E-state index contributed by atoms with van der Waals surface area (Å²) < 4.78 is 12.8. The molecule has 1 unspecified atom stereocenters. The Kier molecular flexibility index (Phi) is 2.63. The van der Waals surface area contributed by atoms with Crippen LogP contribution < -0.4 is 0 Å². The number of likely N-dealkylation sites (tertiary alicyclic amines) is 1. The van der Waals surface area contributed by atoms with Crippen LogP contribution in [0.3, 0.4) is 0 Å². The zero-order valence-corrected chi connectivity index (χ0v) is 8.98. The van der Waals surface area contributed by atoms with E-state index in [-0.39, 0.29) is 18.0 Å². The molecule has 1 aromatic rings. The Bertz CT molecular complexity index is 420. The SMILES string of the molecule is CC1(O)CCN(C(=O)c2ccnc(F)c2)C1. The van der Waals surface area contributed by atoms with Crippen LogP contribution in [-0.4, -0.2) is 39.6 Å². The number of hydrogen-bond donors (Lipinski definition) is 1. The highest BCUT2D eigenvalue weighted by molar-refractivity contribution is 5.94. The van der Waals surface area contributed by atoms with Gasteiger partial charge in [-0.3, -0.25) is 4.79 Å². The second-order valence-electron chi connectivity index (χ2n) is 4.34. The van der Waals surface area contributed by atoms with Gasteiger partial charge in [0, 0.05) is 30.9 Å². The van der Waals surface area contributed by atoms with Gasteiger partial charge < -0.3 is 10.0 Å². The molecule has 0 spiro atoms. The molecule has 1 atom stereocenters. The Labute approximate surface area is 92.7 Å². The predicted molar refractivity (Wildman–Crippen MR) is 55.3 cm³/mol. The maximum atomic E-state index is 12.8. The van der Waals surface area contributed by atoms with Crippen molar-refractivity contribution in [1.82, 2.24) is 9.88 Å². The van der Waals surface area contributed by atoms with E-state index in [0.717, 1.165) is 6.07 Å². The molecule has 2 heterocycles. The number of β-amino-alcohol motifs (C(OH)–C–C–N with tert-alkyl or cyclic N) is 1. The molecular weight excluding hydrogens is 211 g/mol. The Hall–Kier alpha value is -1.49. The van der Waals surface area contributed by atoms with E-state index in [0.29, 0.717) is 13.0 Å². The van der Waals surface area contributed by atoms with Crippen LogP contribution in [0.25, 0.3) is 0 Å². The van der Waals surface area contributed by atoms with Crippen molar-refractivity contribution in [2.75, 3.05) is 13.1 Å². The molecule has 0 radical (unpaired) electrons. The molecule has 5 heteroatoms. The molecule has 86 valence electrons. The quantitative estimate of drug-likeness (QED) is 0.718. The summed E-state index contributed by atoms with van der Waals surface area (Å²) >= 11 is 0. The topological polar surface area (TPSA) is 53.4 Å². The number of carbonyl (C=O) groups is 1. The first-order valence-corrected chi connectivity index (χ1v) is 5.11. The molecule has 1 amide bonds. The number of amides is 1. The molecule has 1 aromatic heterocycles. The summed E-state index contributed by atoms with van der Waals surface area (Å²) in [5.74, 6) is -0.934. The Morgan fingerprint density at radius 1 is 1.69 bits per heavy atom. The van der Waals surface area contributed by atoms with Gasteiger partial charge in [-0.2, -0.15) is 4.39 Å². The molecule has 0 saturated carbocycles. The lowest BCUT2D eigenvalue weighted by Gasteiger charge is -2.18. The molecular formula is C11H13FN2O2. The summed E-state index contributed by atoms with van der Waals surface area (Å²) in [4.78, 5) is 16.8. The molecule has 4 nitrogen and oxygen atoms in total. The maximum Gasteiger partial charge on any atom is 0.254 e. The van der Waals surface area contributed by atoms with E-state index in [9.17, 15) is 14.3 Å². The number of carbonyl (C=O) groups excluding carboxylic acids is 1. The van der Waals surface area contributed by atoms with Gasteiger partial charge in [0.1, 0.15) is 0 Å². The number of halogens is 1. The monoisotopic (exact) mass is 224 g/mol. The highest BCUT2D eigenvalue weighted by atomic mass is 19.1. The summed E-state index contributed by atoms with van der Waals surface area (Å²) in [6, 6.07) is 2.58. The molecule has 1 N–H and O–H groups in total. The fraction of sp³-hybridized carbons (Fsp3) is 0.455. The van der Waals surface area contributed by atoms with Crippen molar-refractivity contribution < 1.29 is 14.3 Å². The minimum absolute atomic E-state index is 0.265. The Morgan fingerprint density at radius 2 is 2.44 bits per heavy atom. The molecule has 0 aliphatic carbocycles. The van der Waals surface area contributed by atoms with Crippen molar-refractivity contribution in [3.8, 4) is 0 Å². The third-order valence-electron chi connectivity index (χ3n) is 2.71. The van der Waals surface area contributed by atoms with Gasteiger partial charge in [-0.1, -0.05) is 0 Å². The summed E-state index contributed by atoms with van der Waals surface area (Å²) in [6.45, 7) is 2.47. The van der Waals surface area contributed by atoms with Crippen molar-refractivity contribution in [1.29, 1.82) is 0 Å². The van der Waals surface area contributed by atoms with Crippen LogP contribution in [0.1, 0.15) is 23.7 Å². The standard InChI is InChI=1S/C11H13FN2O2/c1-11(16)3-5-14(7-11)10(15)8-2-4-13-9(12)6-8/h2,4,6,16H,3,5,7H2,1H3. The van der Waals surface area contributed by atoms with Crippen molar-refractivity contribution in [3.05, 3.63) is 29.8 Å². The van der Waals surface area contributed by atoms with Gasteiger partial charge in [0.2, 0.25) is 5.95 Å². The zero-order valence-electron chi connectivity index (χ0n) is 8.98. The maximum absolute atomic E-state index is 12.8. The van der Waals surface area contributed by atoms with Gasteiger partial charge in [-0.05, 0) is 19.4 Å². The van der Waals surface area contributed by atoms with Crippen LogP contribution in [0.4, 0.5) is 4.39 Å². The van der Waals surface area contributed by atoms with Gasteiger partial charge in [-0.25, -0.2) is 4.98 Å². The van der Waals surface area contributed by atoms with E-state index < -0.39 is 11.5 Å². The van der Waals surface area contributed by atoms with Gasteiger partial charge in [0.25, 0.3) is 5.91 Å². The van der Waals surface area contributed by atoms with Crippen LogP contribution >= 0.6 is 0 Å². The van der Waals surface area contributed by atoms with Crippen molar-refractivity contribution >= 4 is 5.91 Å². The molecule has 2 rings (SSSR count). The fourth-order valence-electron chi connectivity index (χ4n) is 1.84. The van der Waals surface area contributed by atoms with Crippen LogP contribution in [0, 0.1) is 5.95 Å². The summed E-state index contributed by atoms with van der Waals surface area (Å²) in [6.07, 6.45) is 1.81. The van der Waals surface area contributed by atoms with Gasteiger partial charge >= 0.3 is 0 Å². The first-order valence-electron chi connectivity index (χ1n) is 5.11. The average Bonchev–Trinajstić information content (AvgIpc) is 2.58. The van der Waals surface area contributed by atoms with E-state index in [1.54, 1.807) is 6.92 Å². The molecule has 1 saturated heterocycles. The molecule has 0 aromatic carbocycles. The molecule has 1 aliphatic rings. The van der Waals surface area contributed by atoms with Gasteiger partial charge in [0.15, 0.2) is 0 Å². The summed E-state index contributed by atoms with van der Waals surface area (Å²) in [5, 5.41) is 9.73. The third-order valence-corrected chi connectivity index (χ3v) is 2.71. The van der Waals surface area contributed by atoms with Gasteiger partial charge in [-0.15, -0.1) is 0 Å². The second kappa shape index (κ2) is 3.83. The number of aromatic nitrogens is 1. The van der Waals surface area contributed by atoms with E-state index in [1.165, 1.54) is 17.2 Å². The lowest BCUT2D eigenvalue weighted by atomic mass is 10.1. The lowest BCUT2D eigenvalue weighted by Crippen LogP contribution is -2.33. The van der Waals surface area contributed by atoms with E-state index in [4.69, 9.17) is 0 Å². The first kappa shape index (κ1) is 11.0. The van der Waals surface area contributed by atoms with Crippen molar-refractivity contribution in [3.63, 3.8) is 0 Å². The highest BCUT2D eigenvalue weighted by Gasteiger charge is 2.34. The largest absolute Gasteiger partial charge is 0.388 e. The van der Waals surface area contributed by atoms with Crippen LogP contribution in [-0.2, 0) is 0 Å². The number of rotatable bonds is 1. The second-order valence-corrected chi connectivity index (χ2v) is 4.34. The smallest absolute Gasteiger partial charge is 0.254 e. The number of pyridine rings is 1. The predicted octanol–water partition coefficient (Wildman–Crippen LogP) is 0.818. The highest BCUT2D eigenvalue weighted by Crippen LogP contribution is 2.21. The summed E-state index contributed by atoms with van der Waals surface area (Å²) in [7, 11) is 0. The number of nitrogens with zero attached hydrogens (tertiary/aromatic N) is 2. The minimum atomic E-state index is -0.832. The van der Waals surface area contributed by atoms with Crippen LogP contribution in [0.2, 0.25) is 0 Å². The minimum Gasteiger partial charge on any atom is -0.388 e. The Balaban J connectivity index is 2.15. The normalized spacial score (nSPS) is 24.8. The fourth-order valence-corrected chi connectivity index (χ4v) is 1.84. The first-order chi connectivity index (χ1) is 7.48.